The van der Waals surface area contributed by atoms with Gasteiger partial charge in [-0.1, -0.05) is 24.3 Å². The third kappa shape index (κ3) is 3.51. The Balaban J connectivity index is 1.85. The van der Waals surface area contributed by atoms with Crippen LogP contribution in [0.1, 0.15) is 12.8 Å². The molecule has 3 rings (SSSR count). The van der Waals surface area contributed by atoms with Crippen molar-refractivity contribution >= 4 is 23.2 Å². The molecule has 0 bridgehead atoms. The summed E-state index contributed by atoms with van der Waals surface area (Å²) < 4.78 is 5.19. The van der Waals surface area contributed by atoms with E-state index in [2.05, 4.69) is 10.3 Å². The second kappa shape index (κ2) is 6.96. The van der Waals surface area contributed by atoms with Crippen molar-refractivity contribution in [3.8, 4) is 5.75 Å². The number of ether oxygens (including phenoxy) is 1. The number of para-hydroxylation sites is 1. The number of hydrogen-bond acceptors (Lipinski definition) is 3. The van der Waals surface area contributed by atoms with Gasteiger partial charge < -0.3 is 10.1 Å². The first-order valence-corrected chi connectivity index (χ1v) is 7.61. The summed E-state index contributed by atoms with van der Waals surface area (Å²) in [6, 6.07) is 16.7. The second-order valence-electron chi connectivity index (χ2n) is 5.23. The lowest BCUT2D eigenvalue weighted by molar-refractivity contribution is 0.259. The molecule has 1 aliphatic rings. The molecular formula is C18H19N3O2. The van der Waals surface area contributed by atoms with Crippen molar-refractivity contribution in [3.05, 3.63) is 54.6 Å². The lowest BCUT2D eigenvalue weighted by Crippen LogP contribution is -2.39. The molecule has 1 heterocycles. The number of aliphatic imine (C=N–C) groups is 1. The third-order valence-electron chi connectivity index (χ3n) is 3.65. The van der Waals surface area contributed by atoms with Crippen molar-refractivity contribution in [1.82, 2.24) is 0 Å². The highest BCUT2D eigenvalue weighted by molar-refractivity contribution is 6.20. The first kappa shape index (κ1) is 15.1. The van der Waals surface area contributed by atoms with Crippen molar-refractivity contribution in [2.24, 2.45) is 4.99 Å². The average Bonchev–Trinajstić information content (AvgIpc) is 3.10. The van der Waals surface area contributed by atoms with Gasteiger partial charge in [0.15, 0.2) is 0 Å². The Hall–Kier alpha value is -2.82. The summed E-state index contributed by atoms with van der Waals surface area (Å²) in [5.41, 5.74) is 1.50. The molecule has 0 saturated carbocycles. The van der Waals surface area contributed by atoms with Crippen molar-refractivity contribution in [1.29, 1.82) is 0 Å². The van der Waals surface area contributed by atoms with Crippen LogP contribution in [0.2, 0.25) is 0 Å². The van der Waals surface area contributed by atoms with Gasteiger partial charge in [-0.05, 0) is 30.7 Å². The van der Waals surface area contributed by atoms with Gasteiger partial charge in [-0.25, -0.2) is 4.79 Å². The van der Waals surface area contributed by atoms with E-state index in [-0.39, 0.29) is 6.03 Å². The average molecular weight is 309 g/mol. The van der Waals surface area contributed by atoms with Crippen molar-refractivity contribution in [3.63, 3.8) is 0 Å². The quantitative estimate of drug-likeness (QED) is 0.934. The lowest BCUT2D eigenvalue weighted by atomic mass is 10.2. The number of rotatable bonds is 3. The van der Waals surface area contributed by atoms with Crippen molar-refractivity contribution in [2.45, 2.75) is 12.8 Å². The van der Waals surface area contributed by atoms with Gasteiger partial charge in [-0.3, -0.25) is 9.89 Å². The van der Waals surface area contributed by atoms with E-state index < -0.39 is 0 Å². The molecule has 0 saturated heterocycles. The van der Waals surface area contributed by atoms with Crippen LogP contribution in [0.5, 0.6) is 5.75 Å². The first-order valence-electron chi connectivity index (χ1n) is 7.61. The second-order valence-corrected chi connectivity index (χ2v) is 5.23. The molecule has 5 nitrogen and oxygen atoms in total. The molecule has 1 N–H and O–H groups in total. The largest absolute Gasteiger partial charge is 0.497 e. The van der Waals surface area contributed by atoms with Gasteiger partial charge >= 0.3 is 6.03 Å². The number of urea groups is 1. The molecule has 0 fully saturated rings. The van der Waals surface area contributed by atoms with E-state index in [0.29, 0.717) is 11.4 Å². The molecule has 0 radical (unpaired) electrons. The molecule has 2 aromatic carbocycles. The SMILES string of the molecule is COc1cccc(NC(=O)N(C2=NCCC2)c2ccccc2)c1. The van der Waals surface area contributed by atoms with Gasteiger partial charge in [0.05, 0.1) is 12.8 Å². The zero-order valence-corrected chi connectivity index (χ0v) is 13.0. The number of carbonyl (C=O) groups excluding carboxylic acids is 1. The van der Waals surface area contributed by atoms with Crippen LogP contribution in [-0.4, -0.2) is 25.5 Å². The van der Waals surface area contributed by atoms with E-state index in [1.165, 1.54) is 0 Å². The van der Waals surface area contributed by atoms with Crippen molar-refractivity contribution in [2.75, 3.05) is 23.9 Å². The first-order chi connectivity index (χ1) is 11.3. The number of benzene rings is 2. The van der Waals surface area contributed by atoms with Gasteiger partial charge in [0, 0.05) is 24.7 Å². The van der Waals surface area contributed by atoms with Gasteiger partial charge in [0.1, 0.15) is 11.6 Å². The predicted octanol–water partition coefficient (Wildman–Crippen LogP) is 3.93. The van der Waals surface area contributed by atoms with Crippen LogP contribution in [-0.2, 0) is 0 Å². The highest BCUT2D eigenvalue weighted by Crippen LogP contribution is 2.22. The number of nitrogens with one attached hydrogen (secondary N) is 1. The maximum Gasteiger partial charge on any atom is 0.331 e. The smallest absolute Gasteiger partial charge is 0.331 e. The van der Waals surface area contributed by atoms with Gasteiger partial charge in [0.25, 0.3) is 0 Å². The van der Waals surface area contributed by atoms with E-state index in [1.807, 2.05) is 48.5 Å². The van der Waals surface area contributed by atoms with E-state index >= 15 is 0 Å². The molecule has 0 unspecified atom stereocenters. The summed E-state index contributed by atoms with van der Waals surface area (Å²) in [6.45, 7) is 0.769. The summed E-state index contributed by atoms with van der Waals surface area (Å²) in [6.07, 6.45) is 1.78. The summed E-state index contributed by atoms with van der Waals surface area (Å²) in [7, 11) is 1.60. The Kier molecular flexibility index (Phi) is 4.57. The Morgan fingerprint density at radius 1 is 1.17 bits per heavy atom. The fraction of sp³-hybridized carbons (Fsp3) is 0.222. The maximum absolute atomic E-state index is 12.8. The van der Waals surface area contributed by atoms with E-state index in [9.17, 15) is 4.79 Å². The summed E-state index contributed by atoms with van der Waals surface area (Å²) >= 11 is 0. The highest BCUT2D eigenvalue weighted by atomic mass is 16.5. The molecule has 0 aliphatic carbocycles. The molecule has 5 heteroatoms. The minimum absolute atomic E-state index is 0.217. The molecular weight excluding hydrogens is 290 g/mol. The Morgan fingerprint density at radius 3 is 2.70 bits per heavy atom. The van der Waals surface area contributed by atoms with Gasteiger partial charge in [0.2, 0.25) is 0 Å². The van der Waals surface area contributed by atoms with Crippen molar-refractivity contribution < 1.29 is 9.53 Å². The molecule has 2 amide bonds. The molecule has 0 spiro atoms. The molecule has 1 aliphatic heterocycles. The summed E-state index contributed by atoms with van der Waals surface area (Å²) in [4.78, 5) is 18.9. The fourth-order valence-corrected chi connectivity index (χ4v) is 2.55. The zero-order chi connectivity index (χ0) is 16.1. The van der Waals surface area contributed by atoms with Gasteiger partial charge in [-0.2, -0.15) is 0 Å². The van der Waals surface area contributed by atoms with Crippen LogP contribution in [0.4, 0.5) is 16.2 Å². The van der Waals surface area contributed by atoms with Gasteiger partial charge in [-0.15, -0.1) is 0 Å². The predicted molar refractivity (Wildman–Crippen MR) is 92.5 cm³/mol. The summed E-state index contributed by atoms with van der Waals surface area (Å²) in [5, 5.41) is 2.92. The monoisotopic (exact) mass is 309 g/mol. The number of hydrogen-bond donors (Lipinski definition) is 1. The van der Waals surface area contributed by atoms with E-state index in [4.69, 9.17) is 4.74 Å². The molecule has 0 atom stereocenters. The van der Waals surface area contributed by atoms with Crippen LogP contribution >= 0.6 is 0 Å². The number of nitrogens with zero attached hydrogens (tertiary/aromatic N) is 2. The van der Waals surface area contributed by atoms with Crippen LogP contribution in [0.25, 0.3) is 0 Å². The number of amidine groups is 1. The Labute approximate surface area is 135 Å². The van der Waals surface area contributed by atoms with Crippen LogP contribution in [0.15, 0.2) is 59.6 Å². The molecule has 118 valence electrons. The summed E-state index contributed by atoms with van der Waals surface area (Å²) in [5.74, 6) is 1.50. The highest BCUT2D eigenvalue weighted by Gasteiger charge is 2.23. The molecule has 0 aromatic heterocycles. The van der Waals surface area contributed by atoms with E-state index in [0.717, 1.165) is 30.9 Å². The molecule has 23 heavy (non-hydrogen) atoms. The minimum atomic E-state index is -0.217. The fourth-order valence-electron chi connectivity index (χ4n) is 2.55. The van der Waals surface area contributed by atoms with Crippen LogP contribution < -0.4 is 15.0 Å². The number of anilines is 2. The number of amides is 2. The minimum Gasteiger partial charge on any atom is -0.497 e. The molecule has 2 aromatic rings. The van der Waals surface area contributed by atoms with Crippen LogP contribution in [0.3, 0.4) is 0 Å². The number of methoxy groups -OCH3 is 1. The topological polar surface area (TPSA) is 53.9 Å². The Bertz CT molecular complexity index is 713. The van der Waals surface area contributed by atoms with Crippen LogP contribution in [0, 0.1) is 0 Å². The standard InChI is InChI=1S/C18H19N3O2/c1-23-16-10-5-7-14(13-16)20-18(22)21(17-11-6-12-19-17)15-8-3-2-4-9-15/h2-5,7-10,13H,6,11-12H2,1H3,(H,20,22). The normalized spacial score (nSPS) is 13.3. The third-order valence-corrected chi connectivity index (χ3v) is 3.65. The van der Waals surface area contributed by atoms with E-state index in [1.54, 1.807) is 18.1 Å². The number of carbonyl (C=O) groups is 1. The lowest BCUT2D eigenvalue weighted by Gasteiger charge is -2.23. The maximum atomic E-state index is 12.8. The Morgan fingerprint density at radius 2 is 2.00 bits per heavy atom. The zero-order valence-electron chi connectivity index (χ0n) is 13.0.